The fourth-order valence-corrected chi connectivity index (χ4v) is 1.80. The summed E-state index contributed by atoms with van der Waals surface area (Å²) >= 11 is 0. The van der Waals surface area contributed by atoms with E-state index in [1.807, 2.05) is 20.8 Å². The van der Waals surface area contributed by atoms with E-state index in [9.17, 15) is 14.9 Å². The highest BCUT2D eigenvalue weighted by atomic mass is 16.6. The molecule has 0 saturated heterocycles. The van der Waals surface area contributed by atoms with E-state index < -0.39 is 10.9 Å². The molecule has 0 aliphatic carbocycles. The Balaban J connectivity index is 3.15. The summed E-state index contributed by atoms with van der Waals surface area (Å²) in [6, 6.07) is 4.47. The van der Waals surface area contributed by atoms with Crippen molar-refractivity contribution in [2.24, 2.45) is 0 Å². The standard InChI is InChI=1S/C14H20N2O5/c1-5-15(9-14(17)20-4)11-6-12(16(18)19)8-13(7-11)21-10(2)3/h6-8,10H,5,9H2,1-4H3. The molecular formula is C14H20N2O5. The van der Waals surface area contributed by atoms with Gasteiger partial charge in [0.2, 0.25) is 0 Å². The lowest BCUT2D eigenvalue weighted by molar-refractivity contribution is -0.384. The number of methoxy groups -OCH3 is 1. The number of anilines is 1. The van der Waals surface area contributed by atoms with E-state index >= 15 is 0 Å². The molecule has 0 bridgehead atoms. The van der Waals surface area contributed by atoms with Gasteiger partial charge in [-0.25, -0.2) is 0 Å². The molecule has 7 heteroatoms. The van der Waals surface area contributed by atoms with Crippen molar-refractivity contribution in [3.63, 3.8) is 0 Å². The zero-order valence-electron chi connectivity index (χ0n) is 12.7. The third-order valence-electron chi connectivity index (χ3n) is 2.75. The molecule has 7 nitrogen and oxygen atoms in total. The van der Waals surface area contributed by atoms with Crippen molar-refractivity contribution < 1.29 is 19.2 Å². The zero-order valence-corrected chi connectivity index (χ0v) is 12.7. The molecule has 0 heterocycles. The average Bonchev–Trinajstić information content (AvgIpc) is 2.43. The average molecular weight is 296 g/mol. The summed E-state index contributed by atoms with van der Waals surface area (Å²) in [6.45, 7) is 6.06. The first-order chi connectivity index (χ1) is 9.87. The summed E-state index contributed by atoms with van der Waals surface area (Å²) in [6.07, 6.45) is -0.101. The highest BCUT2D eigenvalue weighted by Crippen LogP contribution is 2.29. The van der Waals surface area contributed by atoms with Gasteiger partial charge in [0.05, 0.1) is 24.2 Å². The van der Waals surface area contributed by atoms with Crippen LogP contribution in [0.15, 0.2) is 18.2 Å². The molecule has 0 aliphatic rings. The first-order valence-corrected chi connectivity index (χ1v) is 6.65. The fourth-order valence-electron chi connectivity index (χ4n) is 1.80. The molecule has 1 aromatic carbocycles. The van der Waals surface area contributed by atoms with Gasteiger partial charge >= 0.3 is 5.97 Å². The highest BCUT2D eigenvalue weighted by Gasteiger charge is 2.17. The minimum Gasteiger partial charge on any atom is -0.491 e. The number of likely N-dealkylation sites (N-methyl/N-ethyl adjacent to an activating group) is 1. The van der Waals surface area contributed by atoms with E-state index in [-0.39, 0.29) is 18.3 Å². The van der Waals surface area contributed by atoms with Crippen molar-refractivity contribution in [3.8, 4) is 5.75 Å². The second kappa shape index (κ2) is 7.47. The third kappa shape index (κ3) is 4.94. The predicted molar refractivity (Wildman–Crippen MR) is 78.8 cm³/mol. The molecule has 0 radical (unpaired) electrons. The summed E-state index contributed by atoms with van der Waals surface area (Å²) < 4.78 is 10.2. The molecule has 21 heavy (non-hydrogen) atoms. The van der Waals surface area contributed by atoms with E-state index in [1.54, 1.807) is 11.0 Å². The van der Waals surface area contributed by atoms with Crippen LogP contribution in [0.25, 0.3) is 0 Å². The van der Waals surface area contributed by atoms with Gasteiger partial charge in [-0.2, -0.15) is 0 Å². The number of benzene rings is 1. The maximum Gasteiger partial charge on any atom is 0.325 e. The number of carbonyl (C=O) groups is 1. The highest BCUT2D eigenvalue weighted by molar-refractivity contribution is 5.76. The lowest BCUT2D eigenvalue weighted by Gasteiger charge is -2.22. The lowest BCUT2D eigenvalue weighted by atomic mass is 10.2. The minimum absolute atomic E-state index is 0.0231. The quantitative estimate of drug-likeness (QED) is 0.436. The third-order valence-corrected chi connectivity index (χ3v) is 2.75. The van der Waals surface area contributed by atoms with Crippen molar-refractivity contribution in [3.05, 3.63) is 28.3 Å². The molecular weight excluding hydrogens is 276 g/mol. The molecule has 0 N–H and O–H groups in total. The number of nitro groups is 1. The number of carbonyl (C=O) groups excluding carboxylic acids is 1. The van der Waals surface area contributed by atoms with Crippen molar-refractivity contribution >= 4 is 17.3 Å². The number of rotatable bonds is 7. The summed E-state index contributed by atoms with van der Waals surface area (Å²) in [5.74, 6) is -0.00722. The molecule has 1 rings (SSSR count). The maximum atomic E-state index is 11.4. The SMILES string of the molecule is CCN(CC(=O)OC)c1cc(OC(C)C)cc([N+](=O)[O-])c1. The smallest absolute Gasteiger partial charge is 0.325 e. The molecule has 0 aliphatic heterocycles. The van der Waals surface area contributed by atoms with Crippen LogP contribution in [0.5, 0.6) is 5.75 Å². The molecule has 0 fully saturated rings. The van der Waals surface area contributed by atoms with Crippen molar-refractivity contribution in [2.45, 2.75) is 26.9 Å². The number of nitro benzene ring substituents is 1. The molecule has 0 amide bonds. The summed E-state index contributed by atoms with van der Waals surface area (Å²) in [5, 5.41) is 11.0. The van der Waals surface area contributed by atoms with Crippen molar-refractivity contribution in [1.29, 1.82) is 0 Å². The van der Waals surface area contributed by atoms with Crippen molar-refractivity contribution in [2.75, 3.05) is 25.1 Å². The number of hydrogen-bond acceptors (Lipinski definition) is 6. The van der Waals surface area contributed by atoms with E-state index in [4.69, 9.17) is 4.74 Å². The Bertz CT molecular complexity index is 516. The molecule has 0 spiro atoms. The number of ether oxygens (including phenoxy) is 2. The first kappa shape index (κ1) is 16.7. The van der Waals surface area contributed by atoms with Gasteiger partial charge in [0.15, 0.2) is 0 Å². The zero-order chi connectivity index (χ0) is 16.0. The van der Waals surface area contributed by atoms with Gasteiger partial charge < -0.3 is 14.4 Å². The first-order valence-electron chi connectivity index (χ1n) is 6.65. The normalized spacial score (nSPS) is 10.3. The number of nitrogens with zero attached hydrogens (tertiary/aromatic N) is 2. The number of esters is 1. The molecule has 116 valence electrons. The maximum absolute atomic E-state index is 11.4. The van der Waals surface area contributed by atoms with Gasteiger partial charge in [-0.05, 0) is 20.8 Å². The monoisotopic (exact) mass is 296 g/mol. The largest absolute Gasteiger partial charge is 0.491 e. The summed E-state index contributed by atoms with van der Waals surface area (Å²) in [7, 11) is 1.30. The van der Waals surface area contributed by atoms with Crippen LogP contribution in [0.2, 0.25) is 0 Å². The van der Waals surface area contributed by atoms with Crippen LogP contribution >= 0.6 is 0 Å². The van der Waals surface area contributed by atoms with Gasteiger partial charge in [-0.1, -0.05) is 0 Å². The van der Waals surface area contributed by atoms with Gasteiger partial charge in [-0.15, -0.1) is 0 Å². The van der Waals surface area contributed by atoms with E-state index in [2.05, 4.69) is 4.74 Å². The van der Waals surface area contributed by atoms with Gasteiger partial charge in [0, 0.05) is 24.4 Å². The molecule has 1 aromatic rings. The molecule has 0 unspecified atom stereocenters. The molecule has 0 aromatic heterocycles. The van der Waals surface area contributed by atoms with Gasteiger partial charge in [0.25, 0.3) is 5.69 Å². The van der Waals surface area contributed by atoms with Crippen LogP contribution in [-0.2, 0) is 9.53 Å². The van der Waals surface area contributed by atoms with Crippen LogP contribution in [0.4, 0.5) is 11.4 Å². The van der Waals surface area contributed by atoms with E-state index in [0.29, 0.717) is 18.0 Å². The minimum atomic E-state index is -0.483. The Morgan fingerprint density at radius 1 is 1.38 bits per heavy atom. The Morgan fingerprint density at radius 3 is 2.52 bits per heavy atom. The Kier molecular flexibility index (Phi) is 5.95. The van der Waals surface area contributed by atoms with Gasteiger partial charge in [0.1, 0.15) is 12.3 Å². The second-order valence-electron chi connectivity index (χ2n) is 4.70. The second-order valence-corrected chi connectivity index (χ2v) is 4.70. The summed E-state index contributed by atoms with van der Waals surface area (Å²) in [4.78, 5) is 23.6. The van der Waals surface area contributed by atoms with Crippen LogP contribution in [0.1, 0.15) is 20.8 Å². The van der Waals surface area contributed by atoms with Crippen LogP contribution in [-0.4, -0.2) is 37.2 Å². The summed E-state index contributed by atoms with van der Waals surface area (Å²) in [5.41, 5.74) is 0.471. The number of hydrogen-bond donors (Lipinski definition) is 0. The number of non-ortho nitro benzene ring substituents is 1. The van der Waals surface area contributed by atoms with Gasteiger partial charge in [-0.3, -0.25) is 14.9 Å². The van der Waals surface area contributed by atoms with Crippen molar-refractivity contribution in [1.82, 2.24) is 0 Å². The topological polar surface area (TPSA) is 81.9 Å². The molecule has 0 atom stereocenters. The molecule has 0 saturated carbocycles. The Labute approximate surface area is 123 Å². The Hall–Kier alpha value is -2.31. The predicted octanol–water partition coefficient (Wildman–Crippen LogP) is 2.38. The van der Waals surface area contributed by atoms with Crippen LogP contribution < -0.4 is 9.64 Å². The lowest BCUT2D eigenvalue weighted by Crippen LogP contribution is -2.30. The van der Waals surface area contributed by atoms with E-state index in [1.165, 1.54) is 19.2 Å². The van der Waals surface area contributed by atoms with E-state index in [0.717, 1.165) is 0 Å². The van der Waals surface area contributed by atoms with Crippen LogP contribution in [0.3, 0.4) is 0 Å². The van der Waals surface area contributed by atoms with Crippen LogP contribution in [0, 0.1) is 10.1 Å². The Morgan fingerprint density at radius 2 is 2.05 bits per heavy atom. The fraction of sp³-hybridized carbons (Fsp3) is 0.500.